The lowest BCUT2D eigenvalue weighted by Gasteiger charge is -2.25. The number of carbonyl (C=O) groups excluding carboxylic acids is 2. The van der Waals surface area contributed by atoms with E-state index in [1.54, 1.807) is 11.9 Å². The average molecular weight is 270 g/mol. The Bertz CT molecular complexity index is 606. The van der Waals surface area contributed by atoms with Gasteiger partial charge in [-0.2, -0.15) is 0 Å². The molecule has 4 heteroatoms. The Balaban J connectivity index is 1.67. The van der Waals surface area contributed by atoms with Crippen molar-refractivity contribution in [3.05, 3.63) is 29.8 Å². The highest BCUT2D eigenvalue weighted by atomic mass is 16.2. The van der Waals surface area contributed by atoms with Crippen molar-refractivity contribution in [1.29, 1.82) is 0 Å². The lowest BCUT2D eigenvalue weighted by atomic mass is 9.99. The summed E-state index contributed by atoms with van der Waals surface area (Å²) in [5.74, 6) is 0.173. The zero-order chi connectivity index (χ0) is 13.9. The van der Waals surface area contributed by atoms with E-state index in [1.807, 2.05) is 17.0 Å². The molecule has 2 fully saturated rings. The number of amides is 2. The van der Waals surface area contributed by atoms with Crippen LogP contribution in [0, 0.1) is 0 Å². The van der Waals surface area contributed by atoms with Crippen LogP contribution in [0.5, 0.6) is 0 Å². The number of likely N-dealkylation sites (N-methyl/N-ethyl adjacent to an activating group) is 1. The Morgan fingerprint density at radius 1 is 1.30 bits per heavy atom. The van der Waals surface area contributed by atoms with Crippen LogP contribution in [-0.4, -0.2) is 36.3 Å². The molecular formula is C16H18N2O2. The van der Waals surface area contributed by atoms with Crippen molar-refractivity contribution in [3.8, 4) is 0 Å². The maximum atomic E-state index is 12.8. The number of likely N-dealkylation sites (tertiary alicyclic amines) is 1. The molecule has 20 heavy (non-hydrogen) atoms. The van der Waals surface area contributed by atoms with Gasteiger partial charge in [0.05, 0.1) is 0 Å². The van der Waals surface area contributed by atoms with Gasteiger partial charge in [0.2, 0.25) is 11.8 Å². The van der Waals surface area contributed by atoms with Gasteiger partial charge in [-0.15, -0.1) is 0 Å². The Labute approximate surface area is 118 Å². The summed E-state index contributed by atoms with van der Waals surface area (Å²) in [7, 11) is 1.74. The van der Waals surface area contributed by atoms with Gasteiger partial charge in [0.25, 0.3) is 0 Å². The van der Waals surface area contributed by atoms with Crippen LogP contribution in [0.25, 0.3) is 0 Å². The number of rotatable bonds is 1. The van der Waals surface area contributed by atoms with Crippen LogP contribution in [0.3, 0.4) is 0 Å². The van der Waals surface area contributed by atoms with Crippen LogP contribution in [0.15, 0.2) is 24.3 Å². The first-order valence-electron chi connectivity index (χ1n) is 7.29. The van der Waals surface area contributed by atoms with E-state index in [-0.39, 0.29) is 23.3 Å². The summed E-state index contributed by atoms with van der Waals surface area (Å²) in [6.45, 7) is 0.795. The highest BCUT2D eigenvalue weighted by Gasteiger charge is 2.53. The van der Waals surface area contributed by atoms with Crippen LogP contribution in [0.2, 0.25) is 0 Å². The number of anilines is 1. The fraction of sp³-hybridized carbons (Fsp3) is 0.500. The SMILES string of the molecule is CN1C(=O)CCC1C(=O)N1CC2(CC2)c2ccccc21. The molecule has 1 saturated carbocycles. The van der Waals surface area contributed by atoms with Gasteiger partial charge in [-0.3, -0.25) is 9.59 Å². The molecule has 1 saturated heterocycles. The summed E-state index contributed by atoms with van der Waals surface area (Å²) < 4.78 is 0. The monoisotopic (exact) mass is 270 g/mol. The summed E-state index contributed by atoms with van der Waals surface area (Å²) in [5, 5.41) is 0. The summed E-state index contributed by atoms with van der Waals surface area (Å²) in [6.07, 6.45) is 3.49. The second-order valence-electron chi connectivity index (χ2n) is 6.28. The largest absolute Gasteiger partial charge is 0.334 e. The molecule has 1 atom stereocenters. The summed E-state index contributed by atoms with van der Waals surface area (Å²) in [4.78, 5) is 28.0. The summed E-state index contributed by atoms with van der Waals surface area (Å²) >= 11 is 0. The van der Waals surface area contributed by atoms with Gasteiger partial charge >= 0.3 is 0 Å². The molecule has 1 spiro atoms. The third kappa shape index (κ3) is 1.48. The lowest BCUT2D eigenvalue weighted by Crippen LogP contribution is -2.45. The van der Waals surface area contributed by atoms with Crippen molar-refractivity contribution in [2.45, 2.75) is 37.1 Å². The van der Waals surface area contributed by atoms with Gasteiger partial charge < -0.3 is 9.80 Å². The van der Waals surface area contributed by atoms with E-state index in [1.165, 1.54) is 18.4 Å². The molecule has 1 aliphatic carbocycles. The molecule has 0 radical (unpaired) electrons. The molecular weight excluding hydrogens is 252 g/mol. The maximum Gasteiger partial charge on any atom is 0.249 e. The van der Waals surface area contributed by atoms with E-state index in [0.29, 0.717) is 12.8 Å². The van der Waals surface area contributed by atoms with E-state index < -0.39 is 0 Å². The maximum absolute atomic E-state index is 12.8. The Morgan fingerprint density at radius 2 is 2.05 bits per heavy atom. The van der Waals surface area contributed by atoms with E-state index in [0.717, 1.165) is 12.2 Å². The van der Waals surface area contributed by atoms with Crippen molar-refractivity contribution in [1.82, 2.24) is 4.90 Å². The van der Waals surface area contributed by atoms with Gasteiger partial charge in [0.15, 0.2) is 0 Å². The second kappa shape index (κ2) is 3.84. The Hall–Kier alpha value is -1.84. The lowest BCUT2D eigenvalue weighted by molar-refractivity contribution is -0.132. The van der Waals surface area contributed by atoms with Crippen molar-refractivity contribution in [2.75, 3.05) is 18.5 Å². The predicted molar refractivity (Wildman–Crippen MR) is 75.5 cm³/mol. The van der Waals surface area contributed by atoms with Gasteiger partial charge in [0, 0.05) is 31.1 Å². The minimum Gasteiger partial charge on any atom is -0.334 e. The van der Waals surface area contributed by atoms with Gasteiger partial charge in [-0.25, -0.2) is 0 Å². The third-order valence-corrected chi connectivity index (χ3v) is 5.12. The molecule has 1 aromatic rings. The average Bonchev–Trinajstić information content (AvgIpc) is 3.07. The number of hydrogen-bond donors (Lipinski definition) is 0. The molecule has 4 rings (SSSR count). The summed E-state index contributed by atoms with van der Waals surface area (Å²) in [6, 6.07) is 7.96. The fourth-order valence-corrected chi connectivity index (χ4v) is 3.68. The minimum atomic E-state index is -0.274. The van der Waals surface area contributed by atoms with Gasteiger partial charge in [-0.1, -0.05) is 18.2 Å². The van der Waals surface area contributed by atoms with Crippen molar-refractivity contribution < 1.29 is 9.59 Å². The highest BCUT2D eigenvalue weighted by molar-refractivity contribution is 6.02. The van der Waals surface area contributed by atoms with Crippen LogP contribution in [0.1, 0.15) is 31.2 Å². The standard InChI is InChI=1S/C16H18N2O2/c1-17-13(6-7-14(17)19)15(20)18-10-16(8-9-16)11-4-2-3-5-12(11)18/h2-5,13H,6-10H2,1H3. The first kappa shape index (κ1) is 11.9. The fourth-order valence-electron chi connectivity index (χ4n) is 3.68. The van der Waals surface area contributed by atoms with Gasteiger partial charge in [0.1, 0.15) is 6.04 Å². The Morgan fingerprint density at radius 3 is 2.70 bits per heavy atom. The van der Waals surface area contributed by atoms with E-state index in [2.05, 4.69) is 12.1 Å². The quantitative estimate of drug-likeness (QED) is 0.779. The number of benzene rings is 1. The molecule has 1 aromatic carbocycles. The van der Waals surface area contributed by atoms with Crippen LogP contribution in [-0.2, 0) is 15.0 Å². The van der Waals surface area contributed by atoms with Crippen molar-refractivity contribution in [3.63, 3.8) is 0 Å². The summed E-state index contributed by atoms with van der Waals surface area (Å²) in [5.41, 5.74) is 2.59. The molecule has 2 amide bonds. The first-order chi connectivity index (χ1) is 9.62. The number of hydrogen-bond acceptors (Lipinski definition) is 2. The number of para-hydroxylation sites is 1. The second-order valence-corrected chi connectivity index (χ2v) is 6.28. The Kier molecular flexibility index (Phi) is 2.29. The topological polar surface area (TPSA) is 40.6 Å². The molecule has 104 valence electrons. The molecule has 0 aromatic heterocycles. The molecule has 4 nitrogen and oxygen atoms in total. The zero-order valence-electron chi connectivity index (χ0n) is 11.6. The van der Waals surface area contributed by atoms with Crippen molar-refractivity contribution >= 4 is 17.5 Å². The normalized spacial score (nSPS) is 26.2. The smallest absolute Gasteiger partial charge is 0.249 e. The third-order valence-electron chi connectivity index (χ3n) is 5.12. The van der Waals surface area contributed by atoms with Crippen LogP contribution in [0.4, 0.5) is 5.69 Å². The molecule has 1 unspecified atom stereocenters. The van der Waals surface area contributed by atoms with E-state index in [9.17, 15) is 9.59 Å². The van der Waals surface area contributed by atoms with E-state index >= 15 is 0 Å². The van der Waals surface area contributed by atoms with Crippen molar-refractivity contribution in [2.24, 2.45) is 0 Å². The number of carbonyl (C=O) groups is 2. The first-order valence-corrected chi connectivity index (χ1v) is 7.29. The zero-order valence-corrected chi connectivity index (χ0v) is 11.6. The molecule has 2 heterocycles. The van der Waals surface area contributed by atoms with Crippen LogP contribution >= 0.6 is 0 Å². The molecule has 0 bridgehead atoms. The number of nitrogens with zero attached hydrogens (tertiary/aromatic N) is 2. The molecule has 2 aliphatic heterocycles. The molecule has 0 N–H and O–H groups in total. The molecule has 3 aliphatic rings. The van der Waals surface area contributed by atoms with Crippen LogP contribution < -0.4 is 4.90 Å². The van der Waals surface area contributed by atoms with E-state index in [4.69, 9.17) is 0 Å². The highest BCUT2D eigenvalue weighted by Crippen LogP contribution is 2.56. The van der Waals surface area contributed by atoms with Gasteiger partial charge in [-0.05, 0) is 30.9 Å². The predicted octanol–water partition coefficient (Wildman–Crippen LogP) is 1.69. The number of fused-ring (bicyclic) bond motifs is 2. The minimum absolute atomic E-state index is 0.0805.